The SMILES string of the molecule is COCCn1ncc(Cl)c1C(=O)c1cc(C)nn1C. The molecule has 0 aliphatic heterocycles. The van der Waals surface area contributed by atoms with Crippen molar-refractivity contribution in [3.05, 3.63) is 34.4 Å². The number of carbonyl (C=O) groups is 1. The quantitative estimate of drug-likeness (QED) is 0.779. The van der Waals surface area contributed by atoms with Crippen LogP contribution in [0.2, 0.25) is 5.02 Å². The lowest BCUT2D eigenvalue weighted by Crippen LogP contribution is -2.17. The zero-order valence-electron chi connectivity index (χ0n) is 11.1. The molecule has 2 heterocycles. The molecule has 0 radical (unpaired) electrons. The predicted octanol–water partition coefficient (Wildman–Crippen LogP) is 1.46. The van der Waals surface area contributed by atoms with Gasteiger partial charge in [-0.25, -0.2) is 0 Å². The Morgan fingerprint density at radius 1 is 1.53 bits per heavy atom. The normalized spacial score (nSPS) is 10.9. The number of hydrogen-bond acceptors (Lipinski definition) is 4. The van der Waals surface area contributed by atoms with E-state index < -0.39 is 0 Å². The Kier molecular flexibility index (Phi) is 4.01. The Morgan fingerprint density at radius 3 is 2.84 bits per heavy atom. The van der Waals surface area contributed by atoms with Crippen molar-refractivity contribution >= 4 is 17.4 Å². The minimum absolute atomic E-state index is 0.193. The minimum atomic E-state index is -0.193. The van der Waals surface area contributed by atoms with E-state index in [2.05, 4.69) is 10.2 Å². The third-order valence-corrected chi connectivity index (χ3v) is 3.03. The summed E-state index contributed by atoms with van der Waals surface area (Å²) in [5.41, 5.74) is 1.63. The molecular formula is C12H15ClN4O2. The maximum absolute atomic E-state index is 12.5. The fourth-order valence-electron chi connectivity index (χ4n) is 1.88. The first-order chi connectivity index (χ1) is 9.04. The highest BCUT2D eigenvalue weighted by molar-refractivity contribution is 6.34. The molecule has 0 spiro atoms. The fraction of sp³-hybridized carbons (Fsp3) is 0.417. The van der Waals surface area contributed by atoms with Gasteiger partial charge in [0, 0.05) is 14.2 Å². The lowest BCUT2D eigenvalue weighted by molar-refractivity contribution is 0.101. The Hall–Kier alpha value is -1.66. The number of ketones is 1. The molecule has 2 rings (SSSR count). The summed E-state index contributed by atoms with van der Waals surface area (Å²) < 4.78 is 8.09. The van der Waals surface area contributed by atoms with E-state index in [0.717, 1.165) is 5.69 Å². The number of carbonyl (C=O) groups excluding carboxylic acids is 1. The number of aryl methyl sites for hydroxylation is 2. The second-order valence-electron chi connectivity index (χ2n) is 4.18. The van der Waals surface area contributed by atoms with E-state index in [1.807, 2.05) is 6.92 Å². The van der Waals surface area contributed by atoms with Crippen molar-refractivity contribution in [1.82, 2.24) is 19.6 Å². The second-order valence-corrected chi connectivity index (χ2v) is 4.59. The van der Waals surface area contributed by atoms with E-state index in [1.54, 1.807) is 29.6 Å². The zero-order chi connectivity index (χ0) is 14.0. The molecule has 0 saturated heterocycles. The maximum atomic E-state index is 12.5. The monoisotopic (exact) mass is 282 g/mol. The molecule has 0 aromatic carbocycles. The van der Waals surface area contributed by atoms with Crippen LogP contribution in [0.15, 0.2) is 12.3 Å². The van der Waals surface area contributed by atoms with Crippen LogP contribution >= 0.6 is 11.6 Å². The van der Waals surface area contributed by atoms with E-state index >= 15 is 0 Å². The van der Waals surface area contributed by atoms with Crippen LogP contribution in [0, 0.1) is 6.92 Å². The summed E-state index contributed by atoms with van der Waals surface area (Å²) in [5, 5.41) is 8.59. The van der Waals surface area contributed by atoms with E-state index in [4.69, 9.17) is 16.3 Å². The average molecular weight is 283 g/mol. The van der Waals surface area contributed by atoms with Crippen LogP contribution in [0.3, 0.4) is 0 Å². The van der Waals surface area contributed by atoms with Gasteiger partial charge in [0.15, 0.2) is 0 Å². The number of nitrogens with zero attached hydrogens (tertiary/aromatic N) is 4. The van der Waals surface area contributed by atoms with Gasteiger partial charge in [0.05, 0.1) is 30.1 Å². The fourth-order valence-corrected chi connectivity index (χ4v) is 2.11. The Morgan fingerprint density at radius 2 is 2.26 bits per heavy atom. The van der Waals surface area contributed by atoms with Crippen molar-refractivity contribution in [3.8, 4) is 0 Å². The van der Waals surface area contributed by atoms with Gasteiger partial charge in [-0.15, -0.1) is 0 Å². The maximum Gasteiger partial charge on any atom is 0.230 e. The van der Waals surface area contributed by atoms with Gasteiger partial charge < -0.3 is 4.74 Å². The summed E-state index contributed by atoms with van der Waals surface area (Å²) >= 11 is 6.05. The van der Waals surface area contributed by atoms with Gasteiger partial charge in [0.1, 0.15) is 11.4 Å². The van der Waals surface area contributed by atoms with Gasteiger partial charge in [0.2, 0.25) is 5.78 Å². The van der Waals surface area contributed by atoms with Crippen molar-refractivity contribution in [3.63, 3.8) is 0 Å². The number of rotatable bonds is 5. The number of ether oxygens (including phenoxy) is 1. The molecule has 2 aromatic heterocycles. The van der Waals surface area contributed by atoms with Crippen LogP contribution in [0.25, 0.3) is 0 Å². The first kappa shape index (κ1) is 13.8. The van der Waals surface area contributed by atoms with Crippen molar-refractivity contribution in [2.24, 2.45) is 7.05 Å². The largest absolute Gasteiger partial charge is 0.383 e. The minimum Gasteiger partial charge on any atom is -0.383 e. The molecule has 0 saturated carbocycles. The van der Waals surface area contributed by atoms with Gasteiger partial charge in [-0.2, -0.15) is 10.2 Å². The highest BCUT2D eigenvalue weighted by atomic mass is 35.5. The van der Waals surface area contributed by atoms with Crippen molar-refractivity contribution in [1.29, 1.82) is 0 Å². The van der Waals surface area contributed by atoms with Gasteiger partial charge in [-0.3, -0.25) is 14.2 Å². The topological polar surface area (TPSA) is 61.9 Å². The van der Waals surface area contributed by atoms with Crippen LogP contribution < -0.4 is 0 Å². The van der Waals surface area contributed by atoms with E-state index in [9.17, 15) is 4.79 Å². The van der Waals surface area contributed by atoms with Crippen LogP contribution in [-0.4, -0.2) is 39.1 Å². The molecule has 0 amide bonds. The molecule has 7 heteroatoms. The molecule has 102 valence electrons. The van der Waals surface area contributed by atoms with Crippen LogP contribution in [-0.2, 0) is 18.3 Å². The first-order valence-electron chi connectivity index (χ1n) is 5.80. The molecular weight excluding hydrogens is 268 g/mol. The molecule has 0 bridgehead atoms. The third-order valence-electron chi connectivity index (χ3n) is 2.75. The summed E-state index contributed by atoms with van der Waals surface area (Å²) in [6.07, 6.45) is 1.47. The van der Waals surface area contributed by atoms with Gasteiger partial charge in [-0.1, -0.05) is 11.6 Å². The molecule has 0 aliphatic carbocycles. The molecule has 6 nitrogen and oxygen atoms in total. The van der Waals surface area contributed by atoms with E-state index in [-0.39, 0.29) is 5.78 Å². The average Bonchev–Trinajstić information content (AvgIpc) is 2.89. The molecule has 0 unspecified atom stereocenters. The second kappa shape index (κ2) is 5.54. The van der Waals surface area contributed by atoms with Gasteiger partial charge >= 0.3 is 0 Å². The lowest BCUT2D eigenvalue weighted by atomic mass is 10.2. The lowest BCUT2D eigenvalue weighted by Gasteiger charge is -2.06. The molecule has 19 heavy (non-hydrogen) atoms. The Balaban J connectivity index is 2.38. The van der Waals surface area contributed by atoms with Crippen molar-refractivity contribution in [2.45, 2.75) is 13.5 Å². The summed E-state index contributed by atoms with van der Waals surface area (Å²) in [6.45, 7) is 2.77. The number of aromatic nitrogens is 4. The Bertz CT molecular complexity index is 603. The molecule has 2 aromatic rings. The standard InChI is InChI=1S/C12H15ClN4O2/c1-8-6-10(16(2)15-8)12(18)11-9(13)7-14-17(11)4-5-19-3/h6-7H,4-5H2,1-3H3. The third kappa shape index (κ3) is 2.69. The first-order valence-corrected chi connectivity index (χ1v) is 6.18. The van der Waals surface area contributed by atoms with Crippen molar-refractivity contribution < 1.29 is 9.53 Å². The zero-order valence-corrected chi connectivity index (χ0v) is 11.8. The molecule has 0 atom stereocenters. The van der Waals surface area contributed by atoms with E-state index in [0.29, 0.717) is 29.6 Å². The molecule has 0 fully saturated rings. The summed E-state index contributed by atoms with van der Waals surface area (Å²) in [4.78, 5) is 12.5. The van der Waals surface area contributed by atoms with Crippen LogP contribution in [0.1, 0.15) is 21.9 Å². The number of methoxy groups -OCH3 is 1. The summed E-state index contributed by atoms with van der Waals surface area (Å²) in [7, 11) is 3.32. The van der Waals surface area contributed by atoms with Crippen LogP contribution in [0.4, 0.5) is 0 Å². The highest BCUT2D eigenvalue weighted by Crippen LogP contribution is 2.19. The van der Waals surface area contributed by atoms with Crippen LogP contribution in [0.5, 0.6) is 0 Å². The summed E-state index contributed by atoms with van der Waals surface area (Å²) in [6, 6.07) is 1.73. The number of hydrogen-bond donors (Lipinski definition) is 0. The molecule has 0 N–H and O–H groups in total. The van der Waals surface area contributed by atoms with Gasteiger partial charge in [0.25, 0.3) is 0 Å². The number of halogens is 1. The predicted molar refractivity (Wildman–Crippen MR) is 70.5 cm³/mol. The molecule has 0 aliphatic rings. The van der Waals surface area contributed by atoms with Crippen molar-refractivity contribution in [2.75, 3.05) is 13.7 Å². The highest BCUT2D eigenvalue weighted by Gasteiger charge is 2.22. The van der Waals surface area contributed by atoms with Gasteiger partial charge in [-0.05, 0) is 13.0 Å². The Labute approximate surface area is 115 Å². The smallest absolute Gasteiger partial charge is 0.230 e. The summed E-state index contributed by atoms with van der Waals surface area (Å²) in [5.74, 6) is -0.193. The van der Waals surface area contributed by atoms with E-state index in [1.165, 1.54) is 6.20 Å².